The summed E-state index contributed by atoms with van der Waals surface area (Å²) in [6.07, 6.45) is 1.73. The molecular formula is C18H19N2NaO3. The number of carbonyl (C=O) groups excluding carboxylic acids is 2. The standard InChI is InChI=1S/C18H20N2O3.Na/c1-10-11(2)16(18(22)23)15(10)17(21)20-9-12-5-6-13-4-3-7-19-14(13)8-12;/h3-8,10-11,15-16H,9H2,1-2H3,(H,20,21)(H,22,23);/q;+1/p-1/t10?,11?,15-,16+;/m0./s1. The number of rotatable bonds is 4. The van der Waals surface area contributed by atoms with Crippen molar-refractivity contribution >= 4 is 22.8 Å². The van der Waals surface area contributed by atoms with Crippen LogP contribution < -0.4 is 40.0 Å². The second-order valence-electron chi connectivity index (χ2n) is 6.34. The quantitative estimate of drug-likeness (QED) is 0.664. The molecule has 120 valence electrons. The number of nitrogens with one attached hydrogen (secondary N) is 1. The molecule has 0 radical (unpaired) electrons. The Morgan fingerprint density at radius 2 is 1.88 bits per heavy atom. The molecule has 1 aliphatic rings. The van der Waals surface area contributed by atoms with Gasteiger partial charge >= 0.3 is 29.6 Å². The Bertz CT molecular complexity index is 765. The number of benzene rings is 1. The Balaban J connectivity index is 0.00000208. The molecular weight excluding hydrogens is 315 g/mol. The third-order valence-corrected chi connectivity index (χ3v) is 5.06. The van der Waals surface area contributed by atoms with Crippen molar-refractivity contribution in [2.75, 3.05) is 0 Å². The van der Waals surface area contributed by atoms with Crippen LogP contribution in [0.2, 0.25) is 0 Å². The molecule has 5 nitrogen and oxygen atoms in total. The van der Waals surface area contributed by atoms with Crippen molar-refractivity contribution in [3.8, 4) is 0 Å². The van der Waals surface area contributed by atoms with Gasteiger partial charge in [0.25, 0.3) is 0 Å². The van der Waals surface area contributed by atoms with Gasteiger partial charge in [0.05, 0.1) is 5.52 Å². The summed E-state index contributed by atoms with van der Waals surface area (Å²) in [4.78, 5) is 27.8. The Morgan fingerprint density at radius 1 is 1.17 bits per heavy atom. The fraction of sp³-hybridized carbons (Fsp3) is 0.389. The monoisotopic (exact) mass is 334 g/mol. The maximum Gasteiger partial charge on any atom is 1.00 e. The smallest absolute Gasteiger partial charge is 0.550 e. The maximum absolute atomic E-state index is 12.3. The van der Waals surface area contributed by atoms with Gasteiger partial charge in [-0.3, -0.25) is 9.78 Å². The molecule has 1 amide bonds. The van der Waals surface area contributed by atoms with Gasteiger partial charge in [0, 0.05) is 35.9 Å². The van der Waals surface area contributed by atoms with Crippen molar-refractivity contribution < 1.29 is 44.3 Å². The van der Waals surface area contributed by atoms with Crippen molar-refractivity contribution in [3.05, 3.63) is 42.1 Å². The average Bonchev–Trinajstić information content (AvgIpc) is 2.55. The SMILES string of the molecule is CC1C(C)[C@H](C(=O)NCc2ccc3cccnc3c2)[C@@H]1C(=O)[O-].[Na+]. The molecule has 3 rings (SSSR count). The van der Waals surface area contributed by atoms with Crippen LogP contribution >= 0.6 is 0 Å². The fourth-order valence-corrected chi connectivity index (χ4v) is 3.45. The number of aromatic nitrogens is 1. The molecule has 0 aliphatic heterocycles. The van der Waals surface area contributed by atoms with E-state index in [0.29, 0.717) is 6.54 Å². The predicted octanol–water partition coefficient (Wildman–Crippen LogP) is -1.88. The number of carboxylic acid groups (broad SMARTS) is 1. The first-order valence-corrected chi connectivity index (χ1v) is 7.81. The molecule has 1 aromatic heterocycles. The minimum Gasteiger partial charge on any atom is -0.550 e. The largest absolute Gasteiger partial charge is 1.00 e. The summed E-state index contributed by atoms with van der Waals surface area (Å²) in [5.74, 6) is -2.52. The van der Waals surface area contributed by atoms with Crippen LogP contribution in [-0.2, 0) is 16.1 Å². The zero-order valence-electron chi connectivity index (χ0n) is 14.2. The van der Waals surface area contributed by atoms with E-state index in [4.69, 9.17) is 0 Å². The van der Waals surface area contributed by atoms with E-state index in [1.54, 1.807) is 6.20 Å². The summed E-state index contributed by atoms with van der Waals surface area (Å²) >= 11 is 0. The van der Waals surface area contributed by atoms with Gasteiger partial charge in [0.15, 0.2) is 0 Å². The second-order valence-corrected chi connectivity index (χ2v) is 6.34. The Hall–Kier alpha value is -1.43. The number of hydrogen-bond acceptors (Lipinski definition) is 4. The molecule has 1 fully saturated rings. The first-order valence-electron chi connectivity index (χ1n) is 7.81. The normalized spacial score (nSPS) is 25.4. The van der Waals surface area contributed by atoms with Gasteiger partial charge in [-0.2, -0.15) is 0 Å². The van der Waals surface area contributed by atoms with Crippen LogP contribution in [0.25, 0.3) is 10.9 Å². The summed E-state index contributed by atoms with van der Waals surface area (Å²) in [5.41, 5.74) is 1.81. The van der Waals surface area contributed by atoms with E-state index in [-0.39, 0.29) is 47.3 Å². The van der Waals surface area contributed by atoms with Gasteiger partial charge in [0.1, 0.15) is 0 Å². The van der Waals surface area contributed by atoms with E-state index in [9.17, 15) is 14.7 Å². The molecule has 0 spiro atoms. The molecule has 24 heavy (non-hydrogen) atoms. The van der Waals surface area contributed by atoms with Crippen LogP contribution in [0.15, 0.2) is 36.5 Å². The molecule has 2 unspecified atom stereocenters. The average molecular weight is 334 g/mol. The number of pyridine rings is 1. The van der Waals surface area contributed by atoms with Crippen molar-refractivity contribution in [2.45, 2.75) is 20.4 Å². The van der Waals surface area contributed by atoms with Crippen LogP contribution in [0.1, 0.15) is 19.4 Å². The summed E-state index contributed by atoms with van der Waals surface area (Å²) in [5, 5.41) is 15.1. The zero-order chi connectivity index (χ0) is 16.6. The number of fused-ring (bicyclic) bond motifs is 1. The number of carbonyl (C=O) groups is 2. The minimum absolute atomic E-state index is 0. The van der Waals surface area contributed by atoms with E-state index in [2.05, 4.69) is 10.3 Å². The summed E-state index contributed by atoms with van der Waals surface area (Å²) in [6.45, 7) is 4.13. The van der Waals surface area contributed by atoms with E-state index in [1.807, 2.05) is 44.2 Å². The number of aliphatic carboxylic acids is 1. The molecule has 1 N–H and O–H groups in total. The summed E-state index contributed by atoms with van der Waals surface area (Å²) in [6, 6.07) is 9.68. The van der Waals surface area contributed by atoms with Gasteiger partial charge in [-0.05, 0) is 29.5 Å². The van der Waals surface area contributed by atoms with Gasteiger partial charge in [0.2, 0.25) is 5.91 Å². The van der Waals surface area contributed by atoms with Crippen molar-refractivity contribution in [1.29, 1.82) is 0 Å². The van der Waals surface area contributed by atoms with E-state index in [0.717, 1.165) is 16.5 Å². The predicted molar refractivity (Wildman–Crippen MR) is 83.9 cm³/mol. The third kappa shape index (κ3) is 3.48. The zero-order valence-corrected chi connectivity index (χ0v) is 16.2. The molecule has 1 aliphatic carbocycles. The first-order chi connectivity index (χ1) is 11.0. The molecule has 0 saturated heterocycles. The van der Waals surface area contributed by atoms with Crippen LogP contribution in [0.5, 0.6) is 0 Å². The Labute approximate surface area is 163 Å². The summed E-state index contributed by atoms with van der Waals surface area (Å²) < 4.78 is 0. The minimum atomic E-state index is -1.13. The molecule has 2 aromatic rings. The molecule has 4 atom stereocenters. The van der Waals surface area contributed by atoms with Crippen molar-refractivity contribution in [3.63, 3.8) is 0 Å². The Morgan fingerprint density at radius 3 is 2.58 bits per heavy atom. The fourth-order valence-electron chi connectivity index (χ4n) is 3.45. The molecule has 1 saturated carbocycles. The van der Waals surface area contributed by atoms with Crippen molar-refractivity contribution in [1.82, 2.24) is 10.3 Å². The number of hydrogen-bond donors (Lipinski definition) is 1. The van der Waals surface area contributed by atoms with Crippen molar-refractivity contribution in [2.24, 2.45) is 23.7 Å². The van der Waals surface area contributed by atoms with Gasteiger partial charge in [-0.25, -0.2) is 0 Å². The Kier molecular flexibility index (Phi) is 6.01. The van der Waals surface area contributed by atoms with Gasteiger partial charge in [-0.15, -0.1) is 0 Å². The summed E-state index contributed by atoms with van der Waals surface area (Å²) in [7, 11) is 0. The maximum atomic E-state index is 12.3. The molecule has 1 aromatic carbocycles. The first kappa shape index (κ1) is 18.9. The third-order valence-electron chi connectivity index (χ3n) is 5.06. The van der Waals surface area contributed by atoms with E-state index >= 15 is 0 Å². The number of nitrogens with zero attached hydrogens (tertiary/aromatic N) is 1. The van der Waals surface area contributed by atoms with Crippen LogP contribution in [0, 0.1) is 23.7 Å². The van der Waals surface area contributed by atoms with Crippen LogP contribution in [0.3, 0.4) is 0 Å². The molecule has 1 heterocycles. The van der Waals surface area contributed by atoms with E-state index in [1.165, 1.54) is 0 Å². The van der Waals surface area contributed by atoms with Crippen LogP contribution in [0.4, 0.5) is 0 Å². The van der Waals surface area contributed by atoms with Gasteiger partial charge < -0.3 is 15.2 Å². The topological polar surface area (TPSA) is 82.1 Å². The molecule has 0 bridgehead atoms. The molecule has 6 heteroatoms. The van der Waals surface area contributed by atoms with Gasteiger partial charge in [-0.1, -0.05) is 32.0 Å². The number of amides is 1. The second kappa shape index (κ2) is 7.64. The van der Waals surface area contributed by atoms with E-state index < -0.39 is 17.8 Å². The van der Waals surface area contributed by atoms with Crippen LogP contribution in [-0.4, -0.2) is 16.9 Å². The number of carboxylic acids is 1.